The third-order valence-corrected chi connectivity index (χ3v) is 4.61. The van der Waals surface area contributed by atoms with Crippen molar-refractivity contribution in [2.45, 2.75) is 13.5 Å². The summed E-state index contributed by atoms with van der Waals surface area (Å²) in [6.45, 7) is 2.44. The molecule has 27 heavy (non-hydrogen) atoms. The number of fused-ring (bicyclic) bond motifs is 1. The number of benzene rings is 3. The molecule has 0 aliphatic carbocycles. The molecule has 134 valence electrons. The van der Waals surface area contributed by atoms with Gasteiger partial charge in [-0.2, -0.15) is 0 Å². The molecular formula is C22H19N3O2. The predicted octanol–water partition coefficient (Wildman–Crippen LogP) is 4.55. The van der Waals surface area contributed by atoms with E-state index in [-0.39, 0.29) is 11.9 Å². The van der Waals surface area contributed by atoms with Crippen molar-refractivity contribution in [3.05, 3.63) is 83.4 Å². The van der Waals surface area contributed by atoms with Crippen LogP contribution >= 0.6 is 0 Å². The van der Waals surface area contributed by atoms with Gasteiger partial charge < -0.3 is 16.0 Å². The van der Waals surface area contributed by atoms with Gasteiger partial charge in [0.15, 0.2) is 0 Å². The highest BCUT2D eigenvalue weighted by molar-refractivity contribution is 6.10. The molecule has 0 fully saturated rings. The molecule has 0 unspecified atom stereocenters. The summed E-state index contributed by atoms with van der Waals surface area (Å²) in [5.74, 6) is -0.173. The van der Waals surface area contributed by atoms with E-state index in [2.05, 4.69) is 16.0 Å². The molecule has 0 radical (unpaired) electrons. The number of nitrogens with one attached hydrogen (secondary N) is 3. The quantitative estimate of drug-likeness (QED) is 0.643. The molecule has 0 saturated heterocycles. The fourth-order valence-electron chi connectivity index (χ4n) is 3.26. The Bertz CT molecular complexity index is 1010. The number of urea groups is 1. The van der Waals surface area contributed by atoms with Gasteiger partial charge in [0.05, 0.1) is 11.3 Å². The normalized spacial score (nSPS) is 12.3. The second-order valence-electron chi connectivity index (χ2n) is 6.51. The lowest BCUT2D eigenvalue weighted by Crippen LogP contribution is -2.21. The van der Waals surface area contributed by atoms with Crippen molar-refractivity contribution in [1.29, 1.82) is 0 Å². The first-order valence-electron chi connectivity index (χ1n) is 8.76. The number of anilines is 2. The Labute approximate surface area is 157 Å². The van der Waals surface area contributed by atoms with Crippen LogP contribution in [0.15, 0.2) is 66.7 Å². The van der Waals surface area contributed by atoms with E-state index in [0.717, 1.165) is 22.3 Å². The Morgan fingerprint density at radius 3 is 2.41 bits per heavy atom. The first kappa shape index (κ1) is 16.8. The van der Waals surface area contributed by atoms with Crippen molar-refractivity contribution in [3.8, 4) is 11.1 Å². The molecule has 5 nitrogen and oxygen atoms in total. The van der Waals surface area contributed by atoms with Gasteiger partial charge in [0.2, 0.25) is 0 Å². The standard InChI is InChI=1S/C22H19N3O2/c1-14-7-9-16(10-8-14)24-22(27)25-19-12-11-17(15-5-3-2-4-6-15)18-13-23-21(26)20(18)19/h2-12H,13H2,1H3,(H,23,26)(H2,24,25,27). The molecule has 0 atom stereocenters. The summed E-state index contributed by atoms with van der Waals surface area (Å²) in [4.78, 5) is 24.7. The van der Waals surface area contributed by atoms with Crippen molar-refractivity contribution in [3.63, 3.8) is 0 Å². The Morgan fingerprint density at radius 1 is 0.926 bits per heavy atom. The van der Waals surface area contributed by atoms with Crippen LogP contribution in [0.3, 0.4) is 0 Å². The highest BCUT2D eigenvalue weighted by Gasteiger charge is 2.26. The SMILES string of the molecule is Cc1ccc(NC(=O)Nc2ccc(-c3ccccc3)c3c2C(=O)NC3)cc1. The fourth-order valence-corrected chi connectivity index (χ4v) is 3.26. The maximum atomic E-state index is 12.4. The zero-order chi connectivity index (χ0) is 18.8. The number of rotatable bonds is 3. The van der Waals surface area contributed by atoms with E-state index in [1.807, 2.05) is 67.6 Å². The van der Waals surface area contributed by atoms with Crippen LogP contribution < -0.4 is 16.0 Å². The average Bonchev–Trinajstić information content (AvgIpc) is 3.07. The van der Waals surface area contributed by atoms with E-state index < -0.39 is 0 Å². The minimum atomic E-state index is -0.381. The van der Waals surface area contributed by atoms with E-state index in [0.29, 0.717) is 23.5 Å². The molecule has 1 aliphatic rings. The molecule has 0 saturated carbocycles. The number of aryl methyl sites for hydroxylation is 1. The molecule has 1 heterocycles. The largest absolute Gasteiger partial charge is 0.348 e. The smallest absolute Gasteiger partial charge is 0.323 e. The Balaban J connectivity index is 1.62. The molecule has 3 amide bonds. The molecule has 3 aromatic rings. The van der Waals surface area contributed by atoms with E-state index in [9.17, 15) is 9.59 Å². The molecule has 0 bridgehead atoms. The Morgan fingerprint density at radius 2 is 1.67 bits per heavy atom. The third-order valence-electron chi connectivity index (χ3n) is 4.61. The zero-order valence-corrected chi connectivity index (χ0v) is 14.9. The fraction of sp³-hybridized carbons (Fsp3) is 0.0909. The van der Waals surface area contributed by atoms with Crippen molar-refractivity contribution < 1.29 is 9.59 Å². The van der Waals surface area contributed by atoms with Gasteiger partial charge in [-0.25, -0.2) is 4.79 Å². The van der Waals surface area contributed by atoms with Crippen LogP contribution in [0.2, 0.25) is 0 Å². The summed E-state index contributed by atoms with van der Waals surface area (Å²) in [5.41, 5.74) is 5.78. The van der Waals surface area contributed by atoms with Gasteiger partial charge in [0.25, 0.3) is 5.91 Å². The second kappa shape index (κ2) is 6.96. The zero-order valence-electron chi connectivity index (χ0n) is 14.9. The maximum absolute atomic E-state index is 12.4. The minimum Gasteiger partial charge on any atom is -0.348 e. The van der Waals surface area contributed by atoms with Crippen LogP contribution in [0, 0.1) is 6.92 Å². The van der Waals surface area contributed by atoms with Crippen molar-refractivity contribution >= 4 is 23.3 Å². The van der Waals surface area contributed by atoms with Gasteiger partial charge in [-0.05, 0) is 41.8 Å². The molecular weight excluding hydrogens is 338 g/mol. The van der Waals surface area contributed by atoms with Crippen molar-refractivity contribution in [2.24, 2.45) is 0 Å². The number of hydrogen-bond acceptors (Lipinski definition) is 2. The van der Waals surface area contributed by atoms with Gasteiger partial charge in [0, 0.05) is 12.2 Å². The van der Waals surface area contributed by atoms with E-state index in [4.69, 9.17) is 0 Å². The summed E-state index contributed by atoms with van der Waals surface area (Å²) in [7, 11) is 0. The summed E-state index contributed by atoms with van der Waals surface area (Å²) in [6, 6.07) is 20.8. The van der Waals surface area contributed by atoms with E-state index >= 15 is 0 Å². The molecule has 5 heteroatoms. The molecule has 0 spiro atoms. The summed E-state index contributed by atoms with van der Waals surface area (Å²) >= 11 is 0. The number of carbonyl (C=O) groups excluding carboxylic acids is 2. The first-order chi connectivity index (χ1) is 13.1. The van der Waals surface area contributed by atoms with Crippen LogP contribution in [0.25, 0.3) is 11.1 Å². The monoisotopic (exact) mass is 357 g/mol. The number of carbonyl (C=O) groups is 2. The second-order valence-corrected chi connectivity index (χ2v) is 6.51. The number of hydrogen-bond donors (Lipinski definition) is 3. The summed E-state index contributed by atoms with van der Waals surface area (Å²) < 4.78 is 0. The van der Waals surface area contributed by atoms with Crippen LogP contribution in [0.5, 0.6) is 0 Å². The summed E-state index contributed by atoms with van der Waals surface area (Å²) in [6.07, 6.45) is 0. The van der Waals surface area contributed by atoms with Gasteiger partial charge in [-0.3, -0.25) is 4.79 Å². The van der Waals surface area contributed by atoms with Gasteiger partial charge in [-0.1, -0.05) is 54.1 Å². The molecule has 0 aromatic heterocycles. The van der Waals surface area contributed by atoms with Crippen molar-refractivity contribution in [2.75, 3.05) is 10.6 Å². The number of amides is 3. The van der Waals surface area contributed by atoms with Crippen LogP contribution in [0.1, 0.15) is 21.5 Å². The molecule has 3 N–H and O–H groups in total. The van der Waals surface area contributed by atoms with Crippen LogP contribution in [-0.4, -0.2) is 11.9 Å². The Kier molecular flexibility index (Phi) is 4.34. The molecule has 4 rings (SSSR count). The third kappa shape index (κ3) is 3.40. The van der Waals surface area contributed by atoms with E-state index in [1.54, 1.807) is 6.07 Å². The van der Waals surface area contributed by atoms with Crippen LogP contribution in [-0.2, 0) is 6.54 Å². The Hall–Kier alpha value is -3.60. The topological polar surface area (TPSA) is 70.2 Å². The lowest BCUT2D eigenvalue weighted by molar-refractivity contribution is 0.0966. The molecule has 3 aromatic carbocycles. The minimum absolute atomic E-state index is 0.173. The highest BCUT2D eigenvalue weighted by atomic mass is 16.2. The van der Waals surface area contributed by atoms with Crippen molar-refractivity contribution in [1.82, 2.24) is 5.32 Å². The van der Waals surface area contributed by atoms with Gasteiger partial charge in [0.1, 0.15) is 0 Å². The molecule has 1 aliphatic heterocycles. The van der Waals surface area contributed by atoms with Crippen LogP contribution in [0.4, 0.5) is 16.2 Å². The lowest BCUT2D eigenvalue weighted by atomic mass is 9.95. The van der Waals surface area contributed by atoms with Gasteiger partial charge in [-0.15, -0.1) is 0 Å². The average molecular weight is 357 g/mol. The lowest BCUT2D eigenvalue weighted by Gasteiger charge is -2.13. The van der Waals surface area contributed by atoms with E-state index in [1.165, 1.54) is 0 Å². The maximum Gasteiger partial charge on any atom is 0.323 e. The predicted molar refractivity (Wildman–Crippen MR) is 107 cm³/mol. The summed E-state index contributed by atoms with van der Waals surface area (Å²) in [5, 5.41) is 8.45. The first-order valence-corrected chi connectivity index (χ1v) is 8.76. The highest BCUT2D eigenvalue weighted by Crippen LogP contribution is 2.33. The van der Waals surface area contributed by atoms with Gasteiger partial charge >= 0.3 is 6.03 Å².